The van der Waals surface area contributed by atoms with Crippen molar-refractivity contribution in [1.82, 2.24) is 0 Å². The number of ether oxygens (including phenoxy) is 3. The topological polar surface area (TPSA) is 78.9 Å². The summed E-state index contributed by atoms with van der Waals surface area (Å²) in [4.78, 5) is 37.6. The lowest BCUT2D eigenvalue weighted by Gasteiger charge is -2.18. The van der Waals surface area contributed by atoms with Crippen molar-refractivity contribution >= 4 is 17.9 Å². The Hall–Kier alpha value is -1.59. The Balaban J connectivity index is 4.04. The van der Waals surface area contributed by atoms with E-state index in [1.165, 1.54) is 180 Å². The van der Waals surface area contributed by atoms with Crippen molar-refractivity contribution in [2.75, 3.05) is 13.2 Å². The molecule has 0 rings (SSSR count). The Morgan fingerprint density at radius 3 is 0.845 bits per heavy atom. The quantitative estimate of drug-likeness (QED) is 0.0346. The summed E-state index contributed by atoms with van der Waals surface area (Å²) in [6.07, 6.45) is 48.4. The van der Waals surface area contributed by atoms with Gasteiger partial charge in [0.2, 0.25) is 0 Å². The third-order valence-corrected chi connectivity index (χ3v) is 11.8. The molecule has 0 saturated heterocycles. The standard InChI is InChI=1S/C52H100O6/c1-5-7-9-11-12-13-14-15-16-20-23-26-29-32-36-39-43-50(53)56-46-49(58-52(55)45-41-34-10-8-6-2)47-57-51(54)44-40-37-33-30-27-24-21-18-17-19-22-25-28-31-35-38-42-48(3)4/h48-49H,5-47H2,1-4H3/t49-/m0/s1. The first kappa shape index (κ1) is 56.4. The molecule has 0 N–H and O–H groups in total. The number of rotatable bonds is 47. The van der Waals surface area contributed by atoms with Gasteiger partial charge in [0.25, 0.3) is 0 Å². The molecule has 6 nitrogen and oxygen atoms in total. The molecule has 0 saturated carbocycles. The van der Waals surface area contributed by atoms with Crippen LogP contribution in [0.4, 0.5) is 0 Å². The Morgan fingerprint density at radius 2 is 0.569 bits per heavy atom. The first-order chi connectivity index (χ1) is 28.4. The number of hydrogen-bond acceptors (Lipinski definition) is 6. The van der Waals surface area contributed by atoms with Gasteiger partial charge in [-0.1, -0.05) is 252 Å². The van der Waals surface area contributed by atoms with Crippen LogP contribution < -0.4 is 0 Å². The van der Waals surface area contributed by atoms with E-state index in [9.17, 15) is 14.4 Å². The minimum absolute atomic E-state index is 0.0643. The van der Waals surface area contributed by atoms with Crippen molar-refractivity contribution in [2.24, 2.45) is 5.92 Å². The van der Waals surface area contributed by atoms with Gasteiger partial charge >= 0.3 is 17.9 Å². The lowest BCUT2D eigenvalue weighted by molar-refractivity contribution is -0.167. The molecule has 0 aromatic rings. The van der Waals surface area contributed by atoms with Gasteiger partial charge in [-0.05, 0) is 25.2 Å². The van der Waals surface area contributed by atoms with Gasteiger partial charge in [-0.15, -0.1) is 0 Å². The average Bonchev–Trinajstić information content (AvgIpc) is 3.21. The van der Waals surface area contributed by atoms with E-state index in [2.05, 4.69) is 27.7 Å². The molecule has 6 heteroatoms. The molecule has 0 aliphatic rings. The number of carbonyl (C=O) groups excluding carboxylic acids is 3. The second-order valence-corrected chi connectivity index (χ2v) is 18.3. The maximum Gasteiger partial charge on any atom is 0.306 e. The Bertz CT molecular complexity index is 872. The van der Waals surface area contributed by atoms with Crippen LogP contribution in [0.2, 0.25) is 0 Å². The Labute approximate surface area is 361 Å². The van der Waals surface area contributed by atoms with Crippen molar-refractivity contribution in [3.63, 3.8) is 0 Å². The minimum Gasteiger partial charge on any atom is -0.462 e. The average molecular weight is 821 g/mol. The molecular weight excluding hydrogens is 721 g/mol. The molecule has 0 fully saturated rings. The van der Waals surface area contributed by atoms with E-state index in [1.807, 2.05) is 0 Å². The van der Waals surface area contributed by atoms with E-state index in [4.69, 9.17) is 14.2 Å². The lowest BCUT2D eigenvalue weighted by atomic mass is 10.0. The Morgan fingerprint density at radius 1 is 0.328 bits per heavy atom. The number of carbonyl (C=O) groups is 3. The fraction of sp³-hybridized carbons (Fsp3) is 0.942. The zero-order valence-corrected chi connectivity index (χ0v) is 39.5. The second kappa shape index (κ2) is 46.5. The zero-order valence-electron chi connectivity index (χ0n) is 39.5. The number of hydrogen-bond donors (Lipinski definition) is 0. The monoisotopic (exact) mass is 821 g/mol. The lowest BCUT2D eigenvalue weighted by Crippen LogP contribution is -2.30. The van der Waals surface area contributed by atoms with Crippen LogP contribution in [0.15, 0.2) is 0 Å². The zero-order chi connectivity index (χ0) is 42.4. The highest BCUT2D eigenvalue weighted by Gasteiger charge is 2.19. The summed E-state index contributed by atoms with van der Waals surface area (Å²) in [5.74, 6) is -0.00676. The van der Waals surface area contributed by atoms with Crippen molar-refractivity contribution in [2.45, 2.75) is 297 Å². The molecular formula is C52H100O6. The van der Waals surface area contributed by atoms with E-state index >= 15 is 0 Å². The second-order valence-electron chi connectivity index (χ2n) is 18.3. The summed E-state index contributed by atoms with van der Waals surface area (Å²) >= 11 is 0. The smallest absolute Gasteiger partial charge is 0.306 e. The summed E-state index contributed by atoms with van der Waals surface area (Å²) in [5.41, 5.74) is 0. The van der Waals surface area contributed by atoms with E-state index < -0.39 is 6.10 Å². The minimum atomic E-state index is -0.758. The molecule has 0 unspecified atom stereocenters. The van der Waals surface area contributed by atoms with Crippen LogP contribution in [0.5, 0.6) is 0 Å². The molecule has 0 aliphatic heterocycles. The SMILES string of the molecule is CCCCCCCCCCCCCCCCCCC(=O)OC[C@@H](COC(=O)CCCCCCCCCCCCCCCCCCC(C)C)OC(=O)CCCCCCC. The molecule has 1 atom stereocenters. The largest absolute Gasteiger partial charge is 0.462 e. The van der Waals surface area contributed by atoms with Crippen LogP contribution in [-0.2, 0) is 28.6 Å². The highest BCUT2D eigenvalue weighted by atomic mass is 16.6. The van der Waals surface area contributed by atoms with Gasteiger partial charge in [0, 0.05) is 19.3 Å². The molecule has 58 heavy (non-hydrogen) atoms. The summed E-state index contributed by atoms with van der Waals surface area (Å²) in [6, 6.07) is 0. The van der Waals surface area contributed by atoms with Crippen LogP contribution in [0.25, 0.3) is 0 Å². The van der Waals surface area contributed by atoms with E-state index in [-0.39, 0.29) is 31.1 Å². The summed E-state index contributed by atoms with van der Waals surface area (Å²) in [7, 11) is 0. The molecule has 0 aromatic heterocycles. The van der Waals surface area contributed by atoms with Crippen LogP contribution >= 0.6 is 0 Å². The molecule has 0 aromatic carbocycles. The van der Waals surface area contributed by atoms with Gasteiger partial charge in [0.05, 0.1) is 0 Å². The predicted octanol–water partition coefficient (Wildman–Crippen LogP) is 16.7. The highest BCUT2D eigenvalue weighted by Crippen LogP contribution is 2.17. The van der Waals surface area contributed by atoms with Crippen LogP contribution in [0.3, 0.4) is 0 Å². The maximum absolute atomic E-state index is 12.6. The predicted molar refractivity (Wildman–Crippen MR) is 247 cm³/mol. The van der Waals surface area contributed by atoms with Crippen molar-refractivity contribution in [3.8, 4) is 0 Å². The van der Waals surface area contributed by atoms with Crippen molar-refractivity contribution in [3.05, 3.63) is 0 Å². The Kier molecular flexibility index (Phi) is 45.2. The highest BCUT2D eigenvalue weighted by molar-refractivity contribution is 5.71. The normalized spacial score (nSPS) is 11.9. The van der Waals surface area contributed by atoms with Crippen molar-refractivity contribution in [1.29, 1.82) is 0 Å². The maximum atomic E-state index is 12.6. The van der Waals surface area contributed by atoms with Gasteiger partial charge in [-0.3, -0.25) is 14.4 Å². The van der Waals surface area contributed by atoms with Crippen LogP contribution in [0, 0.1) is 5.92 Å². The molecule has 0 heterocycles. The van der Waals surface area contributed by atoms with Gasteiger partial charge in [-0.25, -0.2) is 0 Å². The summed E-state index contributed by atoms with van der Waals surface area (Å²) in [6.45, 7) is 8.97. The molecule has 0 radical (unpaired) electrons. The van der Waals surface area contributed by atoms with E-state index in [1.54, 1.807) is 0 Å². The van der Waals surface area contributed by atoms with Crippen LogP contribution in [-0.4, -0.2) is 37.2 Å². The fourth-order valence-electron chi connectivity index (χ4n) is 7.86. The molecule has 0 spiro atoms. The van der Waals surface area contributed by atoms with Gasteiger partial charge in [0.15, 0.2) is 6.10 Å². The summed E-state index contributed by atoms with van der Waals surface area (Å²) < 4.78 is 16.7. The van der Waals surface area contributed by atoms with Crippen molar-refractivity contribution < 1.29 is 28.6 Å². The number of unbranched alkanes of at least 4 members (excludes halogenated alkanes) is 34. The first-order valence-corrected chi connectivity index (χ1v) is 25.9. The first-order valence-electron chi connectivity index (χ1n) is 25.9. The van der Waals surface area contributed by atoms with E-state index in [0.717, 1.165) is 70.1 Å². The molecule has 0 bridgehead atoms. The molecule has 0 aliphatic carbocycles. The van der Waals surface area contributed by atoms with Crippen LogP contribution in [0.1, 0.15) is 291 Å². The molecule has 344 valence electrons. The van der Waals surface area contributed by atoms with Gasteiger partial charge in [0.1, 0.15) is 13.2 Å². The fourth-order valence-corrected chi connectivity index (χ4v) is 7.86. The third-order valence-electron chi connectivity index (χ3n) is 11.8. The number of esters is 3. The third kappa shape index (κ3) is 45.5. The van der Waals surface area contributed by atoms with Gasteiger partial charge in [-0.2, -0.15) is 0 Å². The van der Waals surface area contributed by atoms with Gasteiger partial charge < -0.3 is 14.2 Å². The van der Waals surface area contributed by atoms with E-state index in [0.29, 0.717) is 19.3 Å². The molecule has 0 amide bonds. The summed E-state index contributed by atoms with van der Waals surface area (Å²) in [5, 5.41) is 0.